The van der Waals surface area contributed by atoms with Crippen LogP contribution >= 0.6 is 23.2 Å². The smallest absolute Gasteiger partial charge is 0.0722 e. The Hall–Kier alpha value is -2.36. The van der Waals surface area contributed by atoms with Crippen LogP contribution in [-0.2, 0) is 0 Å². The van der Waals surface area contributed by atoms with E-state index in [0.29, 0.717) is 26.6 Å². The molecule has 3 aromatic rings. The van der Waals surface area contributed by atoms with Gasteiger partial charge in [0.2, 0.25) is 0 Å². The van der Waals surface area contributed by atoms with E-state index < -0.39 is 5.97 Å². The van der Waals surface area contributed by atoms with Crippen molar-refractivity contribution in [2.45, 2.75) is 0 Å². The third kappa shape index (κ3) is 3.36. The first kappa shape index (κ1) is 15.5. The number of hydrogen-bond acceptors (Lipinski definition) is 3. The SMILES string of the molecule is O=C([O-])c1cc(/C=C/c2ccc(Cl)c(Cl)c2)nc2ccccc12. The molecule has 3 nitrogen and oxygen atoms in total. The van der Waals surface area contributed by atoms with E-state index in [2.05, 4.69) is 4.98 Å². The maximum Gasteiger partial charge on any atom is 0.0722 e. The molecule has 0 aliphatic heterocycles. The summed E-state index contributed by atoms with van der Waals surface area (Å²) < 4.78 is 0. The number of para-hydroxylation sites is 1. The monoisotopic (exact) mass is 342 g/mol. The highest BCUT2D eigenvalue weighted by Crippen LogP contribution is 2.24. The van der Waals surface area contributed by atoms with Gasteiger partial charge in [0.05, 0.1) is 27.2 Å². The summed E-state index contributed by atoms with van der Waals surface area (Å²) in [6.07, 6.45) is 3.51. The number of aromatic carboxylic acids is 1. The van der Waals surface area contributed by atoms with Crippen LogP contribution in [0.1, 0.15) is 21.6 Å². The highest BCUT2D eigenvalue weighted by atomic mass is 35.5. The molecule has 5 heteroatoms. The van der Waals surface area contributed by atoms with Crippen molar-refractivity contribution in [2.24, 2.45) is 0 Å². The standard InChI is InChI=1S/C18H11Cl2NO2/c19-15-8-6-11(9-16(15)20)5-7-12-10-14(18(22)23)13-3-1-2-4-17(13)21-12/h1-10H,(H,22,23)/p-1/b7-5+. The number of carbonyl (C=O) groups is 1. The quantitative estimate of drug-likeness (QED) is 0.720. The molecule has 3 rings (SSSR count). The first-order valence-corrected chi connectivity index (χ1v) is 7.54. The van der Waals surface area contributed by atoms with Gasteiger partial charge in [-0.1, -0.05) is 53.5 Å². The fraction of sp³-hybridized carbons (Fsp3) is 0. The Bertz CT molecular complexity index is 935. The molecule has 0 saturated heterocycles. The third-order valence-corrected chi connectivity index (χ3v) is 4.09. The summed E-state index contributed by atoms with van der Waals surface area (Å²) in [5.41, 5.74) is 2.07. The van der Waals surface area contributed by atoms with Crippen molar-refractivity contribution in [1.82, 2.24) is 4.98 Å². The zero-order chi connectivity index (χ0) is 16.4. The van der Waals surface area contributed by atoms with Crippen molar-refractivity contribution >= 4 is 52.2 Å². The highest BCUT2D eigenvalue weighted by Gasteiger charge is 2.05. The lowest BCUT2D eigenvalue weighted by Gasteiger charge is -2.08. The molecule has 0 amide bonds. The van der Waals surface area contributed by atoms with Crippen molar-refractivity contribution in [3.8, 4) is 0 Å². The summed E-state index contributed by atoms with van der Waals surface area (Å²) in [5, 5.41) is 12.8. The summed E-state index contributed by atoms with van der Waals surface area (Å²) in [6.45, 7) is 0. The second-order valence-electron chi connectivity index (χ2n) is 4.91. The van der Waals surface area contributed by atoms with Gasteiger partial charge in [0.1, 0.15) is 0 Å². The van der Waals surface area contributed by atoms with Crippen molar-refractivity contribution in [1.29, 1.82) is 0 Å². The van der Waals surface area contributed by atoms with Crippen LogP contribution in [0.25, 0.3) is 23.1 Å². The summed E-state index contributed by atoms with van der Waals surface area (Å²) >= 11 is 11.9. The minimum Gasteiger partial charge on any atom is -0.545 e. The maximum atomic E-state index is 11.3. The number of rotatable bonds is 3. The van der Waals surface area contributed by atoms with E-state index in [9.17, 15) is 9.90 Å². The number of hydrogen-bond donors (Lipinski definition) is 0. The zero-order valence-corrected chi connectivity index (χ0v) is 13.3. The first-order valence-electron chi connectivity index (χ1n) is 6.79. The van der Waals surface area contributed by atoms with Gasteiger partial charge < -0.3 is 9.90 Å². The summed E-state index contributed by atoms with van der Waals surface area (Å²) in [4.78, 5) is 15.8. The Morgan fingerprint density at radius 3 is 2.52 bits per heavy atom. The Morgan fingerprint density at radius 2 is 1.78 bits per heavy atom. The molecule has 0 fully saturated rings. The van der Waals surface area contributed by atoms with Crippen LogP contribution in [0, 0.1) is 0 Å². The number of fused-ring (bicyclic) bond motifs is 1. The van der Waals surface area contributed by atoms with Crippen LogP contribution in [0.2, 0.25) is 10.0 Å². The van der Waals surface area contributed by atoms with Crippen molar-refractivity contribution in [2.75, 3.05) is 0 Å². The van der Waals surface area contributed by atoms with Crippen LogP contribution in [0.5, 0.6) is 0 Å². The third-order valence-electron chi connectivity index (χ3n) is 3.35. The van der Waals surface area contributed by atoms with Crippen molar-refractivity contribution < 1.29 is 9.90 Å². The Morgan fingerprint density at radius 1 is 1.00 bits per heavy atom. The van der Waals surface area contributed by atoms with E-state index in [0.717, 1.165) is 5.56 Å². The molecule has 0 bridgehead atoms. The minimum atomic E-state index is -1.23. The second-order valence-corrected chi connectivity index (χ2v) is 5.72. The van der Waals surface area contributed by atoms with Crippen LogP contribution in [0.15, 0.2) is 48.5 Å². The molecule has 0 saturated carbocycles. The van der Waals surface area contributed by atoms with Crippen molar-refractivity contribution in [3.05, 3.63) is 75.4 Å². The lowest BCUT2D eigenvalue weighted by Crippen LogP contribution is -2.22. The minimum absolute atomic E-state index is 0.115. The Balaban J connectivity index is 2.04. The number of carbonyl (C=O) groups excluding carboxylic acids is 1. The molecule has 114 valence electrons. The maximum absolute atomic E-state index is 11.3. The fourth-order valence-corrected chi connectivity index (χ4v) is 2.55. The molecule has 2 aromatic carbocycles. The first-order chi connectivity index (χ1) is 11.0. The molecule has 0 unspecified atom stereocenters. The number of halogens is 2. The number of pyridine rings is 1. The van der Waals surface area contributed by atoms with Gasteiger partial charge in [0.15, 0.2) is 0 Å². The van der Waals surface area contributed by atoms with Crippen LogP contribution < -0.4 is 5.11 Å². The average Bonchev–Trinajstić information content (AvgIpc) is 2.55. The summed E-state index contributed by atoms with van der Waals surface area (Å²) in [6, 6.07) is 13.8. The molecule has 0 aliphatic carbocycles. The topological polar surface area (TPSA) is 53.0 Å². The molecule has 1 aromatic heterocycles. The van der Waals surface area contributed by atoms with Crippen LogP contribution in [-0.4, -0.2) is 11.0 Å². The fourth-order valence-electron chi connectivity index (χ4n) is 2.25. The molecule has 0 spiro atoms. The largest absolute Gasteiger partial charge is 0.545 e. The number of benzene rings is 2. The highest BCUT2D eigenvalue weighted by molar-refractivity contribution is 6.42. The summed E-state index contributed by atoms with van der Waals surface area (Å²) in [7, 11) is 0. The molecule has 0 N–H and O–H groups in total. The molecule has 0 atom stereocenters. The van der Waals surface area contributed by atoms with Gasteiger partial charge in [-0.15, -0.1) is 0 Å². The average molecular weight is 343 g/mol. The van der Waals surface area contributed by atoms with E-state index in [1.807, 2.05) is 6.07 Å². The normalized spacial score (nSPS) is 11.2. The van der Waals surface area contributed by atoms with E-state index in [1.165, 1.54) is 6.07 Å². The number of aromatic nitrogens is 1. The predicted octanol–water partition coefficient (Wildman–Crippen LogP) is 4.08. The lowest BCUT2D eigenvalue weighted by atomic mass is 10.1. The molecular weight excluding hydrogens is 333 g/mol. The Labute approximate surface area is 142 Å². The zero-order valence-electron chi connectivity index (χ0n) is 11.8. The molecule has 0 aliphatic rings. The number of carboxylic acids is 1. The molecule has 0 radical (unpaired) electrons. The molecular formula is C18H10Cl2NO2-. The van der Waals surface area contributed by atoms with Gasteiger partial charge in [-0.05, 0) is 35.9 Å². The van der Waals surface area contributed by atoms with Gasteiger partial charge >= 0.3 is 0 Å². The van der Waals surface area contributed by atoms with Crippen molar-refractivity contribution in [3.63, 3.8) is 0 Å². The number of carboxylic acid groups (broad SMARTS) is 1. The van der Waals surface area contributed by atoms with Gasteiger partial charge in [-0.2, -0.15) is 0 Å². The van der Waals surface area contributed by atoms with E-state index >= 15 is 0 Å². The predicted molar refractivity (Wildman–Crippen MR) is 91.5 cm³/mol. The van der Waals surface area contributed by atoms with E-state index in [4.69, 9.17) is 23.2 Å². The summed E-state index contributed by atoms with van der Waals surface area (Å²) in [5.74, 6) is -1.23. The molecule has 1 heterocycles. The number of nitrogens with zero attached hydrogens (tertiary/aromatic N) is 1. The molecule has 23 heavy (non-hydrogen) atoms. The van der Waals surface area contributed by atoms with Crippen LogP contribution in [0.4, 0.5) is 0 Å². The second kappa shape index (κ2) is 6.41. The van der Waals surface area contributed by atoms with E-state index in [1.54, 1.807) is 48.6 Å². The van der Waals surface area contributed by atoms with Gasteiger partial charge in [0.25, 0.3) is 0 Å². The lowest BCUT2D eigenvalue weighted by molar-refractivity contribution is -0.254. The van der Waals surface area contributed by atoms with E-state index in [-0.39, 0.29) is 5.56 Å². The van der Waals surface area contributed by atoms with Crippen LogP contribution in [0.3, 0.4) is 0 Å². The van der Waals surface area contributed by atoms with Gasteiger partial charge in [0, 0.05) is 10.9 Å². The van der Waals surface area contributed by atoms with Gasteiger partial charge in [-0.25, -0.2) is 4.98 Å². The Kier molecular flexibility index (Phi) is 4.33. The van der Waals surface area contributed by atoms with Gasteiger partial charge in [-0.3, -0.25) is 0 Å².